The Hall–Kier alpha value is -3.95. The van der Waals surface area contributed by atoms with Crippen LogP contribution in [0.2, 0.25) is 0 Å². The van der Waals surface area contributed by atoms with Crippen LogP contribution in [0, 0.1) is 0 Å². The number of hydrogen-bond acceptors (Lipinski definition) is 6. The average Bonchev–Trinajstić information content (AvgIpc) is 3.14. The fourth-order valence-electron chi connectivity index (χ4n) is 3.91. The minimum absolute atomic E-state index is 0.0972. The molecule has 0 atom stereocenters. The first-order valence-corrected chi connectivity index (χ1v) is 11.8. The van der Waals surface area contributed by atoms with E-state index in [0.717, 1.165) is 22.5 Å². The van der Waals surface area contributed by atoms with Crippen molar-refractivity contribution in [3.8, 4) is 17.0 Å². The molecule has 34 heavy (non-hydrogen) atoms. The molecule has 2 N–H and O–H groups in total. The van der Waals surface area contributed by atoms with Gasteiger partial charge in [-0.3, -0.25) is 4.79 Å². The van der Waals surface area contributed by atoms with Crippen molar-refractivity contribution in [2.45, 2.75) is 4.90 Å². The zero-order valence-electron chi connectivity index (χ0n) is 18.5. The number of carbonyl (C=O) groups excluding carboxylic acids is 2. The molecule has 0 amide bonds. The molecule has 8 nitrogen and oxygen atoms in total. The SMILES string of the molecule is COc1ccc(S(N)(=O)=O)cc1C(=O)OCC(=O)c1c(-c2ccccc2)n(C)c2ccccc12. The van der Waals surface area contributed by atoms with Gasteiger partial charge in [-0.25, -0.2) is 18.4 Å². The van der Waals surface area contributed by atoms with Crippen molar-refractivity contribution in [2.75, 3.05) is 13.7 Å². The highest BCUT2D eigenvalue weighted by Crippen LogP contribution is 2.33. The van der Waals surface area contributed by atoms with E-state index < -0.39 is 28.4 Å². The number of sulfonamides is 1. The van der Waals surface area contributed by atoms with Gasteiger partial charge in [-0.15, -0.1) is 0 Å². The van der Waals surface area contributed by atoms with Crippen LogP contribution in [-0.2, 0) is 21.8 Å². The number of esters is 1. The number of Topliss-reactive ketones (excluding diaryl/α,β-unsaturated/α-hetero) is 1. The standard InChI is InChI=1S/C25H22N2O6S/c1-27-20-11-7-6-10-18(20)23(24(27)16-8-4-3-5-9-16)21(28)15-33-25(29)19-14-17(34(26,30)31)12-13-22(19)32-2/h3-14H,15H2,1-2H3,(H2,26,30,31). The van der Waals surface area contributed by atoms with Gasteiger partial charge in [0, 0.05) is 18.0 Å². The quantitative estimate of drug-likeness (QED) is 0.321. The number of carbonyl (C=O) groups is 2. The van der Waals surface area contributed by atoms with Crippen LogP contribution in [0.5, 0.6) is 5.75 Å². The molecule has 0 spiro atoms. The van der Waals surface area contributed by atoms with Crippen LogP contribution in [0.1, 0.15) is 20.7 Å². The van der Waals surface area contributed by atoms with E-state index >= 15 is 0 Å². The maximum Gasteiger partial charge on any atom is 0.342 e. The van der Waals surface area contributed by atoms with Crippen LogP contribution >= 0.6 is 0 Å². The second-order valence-corrected chi connectivity index (χ2v) is 9.13. The number of aryl methyl sites for hydroxylation is 1. The van der Waals surface area contributed by atoms with E-state index in [2.05, 4.69) is 0 Å². The second-order valence-electron chi connectivity index (χ2n) is 7.57. The topological polar surface area (TPSA) is 118 Å². The number of nitrogens with zero attached hydrogens (tertiary/aromatic N) is 1. The highest BCUT2D eigenvalue weighted by molar-refractivity contribution is 7.89. The molecule has 0 aliphatic carbocycles. The Morgan fingerprint density at radius 3 is 2.32 bits per heavy atom. The largest absolute Gasteiger partial charge is 0.496 e. The Bertz CT molecular complexity index is 1510. The molecule has 4 aromatic rings. The third-order valence-corrected chi connectivity index (χ3v) is 6.40. The fourth-order valence-corrected chi connectivity index (χ4v) is 4.45. The first-order chi connectivity index (χ1) is 16.2. The maximum atomic E-state index is 13.3. The van der Waals surface area contributed by atoms with Crippen LogP contribution in [0.15, 0.2) is 77.7 Å². The van der Waals surface area contributed by atoms with Crippen LogP contribution in [0.4, 0.5) is 0 Å². The summed E-state index contributed by atoms with van der Waals surface area (Å²) in [5, 5.41) is 5.90. The van der Waals surface area contributed by atoms with Gasteiger partial charge in [0.15, 0.2) is 6.61 Å². The average molecular weight is 479 g/mol. The van der Waals surface area contributed by atoms with Crippen molar-refractivity contribution in [1.82, 2.24) is 4.57 Å². The lowest BCUT2D eigenvalue weighted by molar-refractivity contribution is 0.0472. The van der Waals surface area contributed by atoms with Crippen LogP contribution < -0.4 is 9.88 Å². The lowest BCUT2D eigenvalue weighted by atomic mass is 10.0. The molecule has 0 saturated heterocycles. The van der Waals surface area contributed by atoms with Crippen molar-refractivity contribution in [2.24, 2.45) is 12.2 Å². The van der Waals surface area contributed by atoms with Gasteiger partial charge in [-0.2, -0.15) is 0 Å². The highest BCUT2D eigenvalue weighted by Gasteiger charge is 2.24. The van der Waals surface area contributed by atoms with Gasteiger partial charge in [-0.1, -0.05) is 48.5 Å². The van der Waals surface area contributed by atoms with Gasteiger partial charge in [-0.05, 0) is 29.8 Å². The molecule has 0 unspecified atom stereocenters. The predicted octanol–water partition coefficient (Wildman–Crippen LogP) is 3.54. The Balaban J connectivity index is 1.69. The van der Waals surface area contributed by atoms with E-state index in [1.165, 1.54) is 19.2 Å². The molecular weight excluding hydrogens is 456 g/mol. The molecule has 0 aliphatic heterocycles. The molecule has 9 heteroatoms. The Kier molecular flexibility index (Phi) is 6.23. The van der Waals surface area contributed by atoms with Crippen LogP contribution in [0.3, 0.4) is 0 Å². The third-order valence-electron chi connectivity index (χ3n) is 5.49. The van der Waals surface area contributed by atoms with Crippen molar-refractivity contribution in [3.63, 3.8) is 0 Å². The molecule has 0 bridgehead atoms. The zero-order chi connectivity index (χ0) is 24.5. The molecule has 1 heterocycles. The summed E-state index contributed by atoms with van der Waals surface area (Å²) in [7, 11) is -0.847. The van der Waals surface area contributed by atoms with Gasteiger partial charge in [0.25, 0.3) is 0 Å². The summed E-state index contributed by atoms with van der Waals surface area (Å²) in [5.41, 5.74) is 2.69. The number of rotatable bonds is 7. The summed E-state index contributed by atoms with van der Waals surface area (Å²) in [5.74, 6) is -1.21. The molecule has 0 saturated carbocycles. The lowest BCUT2D eigenvalue weighted by Gasteiger charge is -2.11. The number of ether oxygens (including phenoxy) is 2. The van der Waals surface area contributed by atoms with Gasteiger partial charge >= 0.3 is 5.97 Å². The van der Waals surface area contributed by atoms with Gasteiger partial charge in [0.2, 0.25) is 15.8 Å². The summed E-state index contributed by atoms with van der Waals surface area (Å²) >= 11 is 0. The summed E-state index contributed by atoms with van der Waals surface area (Å²) in [6.07, 6.45) is 0. The Morgan fingerprint density at radius 2 is 1.65 bits per heavy atom. The number of para-hydroxylation sites is 1. The molecule has 3 aromatic carbocycles. The first-order valence-electron chi connectivity index (χ1n) is 10.3. The predicted molar refractivity (Wildman–Crippen MR) is 127 cm³/mol. The van der Waals surface area contributed by atoms with Crippen LogP contribution in [0.25, 0.3) is 22.2 Å². The second kappa shape index (κ2) is 9.12. The normalized spacial score (nSPS) is 11.4. The van der Waals surface area contributed by atoms with E-state index in [1.807, 2.05) is 66.2 Å². The van der Waals surface area contributed by atoms with E-state index in [4.69, 9.17) is 14.6 Å². The molecule has 0 aliphatic rings. The van der Waals surface area contributed by atoms with Crippen molar-refractivity contribution >= 4 is 32.7 Å². The van der Waals surface area contributed by atoms with E-state index in [-0.39, 0.29) is 16.2 Å². The highest BCUT2D eigenvalue weighted by atomic mass is 32.2. The monoisotopic (exact) mass is 478 g/mol. The number of ketones is 1. The third kappa shape index (κ3) is 4.30. The maximum absolute atomic E-state index is 13.3. The van der Waals surface area contributed by atoms with Crippen LogP contribution in [-0.4, -0.2) is 38.5 Å². The molecule has 4 rings (SSSR count). The number of methoxy groups -OCH3 is 1. The number of fused-ring (bicyclic) bond motifs is 1. The molecule has 1 aromatic heterocycles. The minimum Gasteiger partial charge on any atom is -0.496 e. The summed E-state index contributed by atoms with van der Waals surface area (Å²) in [6.45, 7) is -0.546. The number of hydrogen-bond donors (Lipinski definition) is 1. The Labute approximate surface area is 196 Å². The smallest absolute Gasteiger partial charge is 0.342 e. The number of aromatic nitrogens is 1. The zero-order valence-corrected chi connectivity index (χ0v) is 19.3. The van der Waals surface area contributed by atoms with Gasteiger partial charge in [0.1, 0.15) is 11.3 Å². The Morgan fingerprint density at radius 1 is 0.971 bits per heavy atom. The minimum atomic E-state index is -4.05. The molecule has 0 radical (unpaired) electrons. The lowest BCUT2D eigenvalue weighted by Crippen LogP contribution is -2.17. The number of primary sulfonamides is 1. The first kappa shape index (κ1) is 23.2. The van der Waals surface area contributed by atoms with Gasteiger partial charge in [0.05, 0.1) is 23.3 Å². The number of benzene rings is 3. The summed E-state index contributed by atoms with van der Waals surface area (Å²) in [4.78, 5) is 25.8. The van der Waals surface area contributed by atoms with Crippen molar-refractivity contribution in [1.29, 1.82) is 0 Å². The van der Waals surface area contributed by atoms with Crippen molar-refractivity contribution in [3.05, 3.63) is 83.9 Å². The molecule has 0 fully saturated rings. The summed E-state index contributed by atoms with van der Waals surface area (Å²) in [6, 6.07) is 20.5. The summed E-state index contributed by atoms with van der Waals surface area (Å²) < 4.78 is 35.7. The van der Waals surface area contributed by atoms with Gasteiger partial charge < -0.3 is 14.0 Å². The van der Waals surface area contributed by atoms with E-state index in [1.54, 1.807) is 0 Å². The fraction of sp³-hybridized carbons (Fsp3) is 0.120. The molecule has 174 valence electrons. The molecular formula is C25H22N2O6S. The number of nitrogens with two attached hydrogens (primary N) is 1. The van der Waals surface area contributed by atoms with Crippen molar-refractivity contribution < 1.29 is 27.5 Å². The van der Waals surface area contributed by atoms with E-state index in [9.17, 15) is 18.0 Å². The van der Waals surface area contributed by atoms with E-state index in [0.29, 0.717) is 11.3 Å².